The molecule has 1 N–H and O–H groups in total. The fourth-order valence-corrected chi connectivity index (χ4v) is 2.01. The van der Waals surface area contributed by atoms with Gasteiger partial charge in [0.15, 0.2) is 0 Å². The third-order valence-electron chi connectivity index (χ3n) is 2.93. The fraction of sp³-hybridized carbons (Fsp3) is 1.00. The van der Waals surface area contributed by atoms with Gasteiger partial charge in [0.2, 0.25) is 0 Å². The number of hydrogen-bond acceptors (Lipinski definition) is 3. The standard InChI is InChI=1S/C11H23NO2/c1-3-6-12-9-11(10-13-2)4-7-14-8-5-11/h12H,3-10H2,1-2H3. The Morgan fingerprint density at radius 1 is 1.36 bits per heavy atom. The van der Waals surface area contributed by atoms with E-state index in [1.807, 2.05) is 0 Å². The summed E-state index contributed by atoms with van der Waals surface area (Å²) in [6.45, 7) is 6.99. The van der Waals surface area contributed by atoms with E-state index in [1.54, 1.807) is 7.11 Å². The maximum atomic E-state index is 5.39. The first-order valence-corrected chi connectivity index (χ1v) is 5.60. The molecule has 0 aromatic carbocycles. The summed E-state index contributed by atoms with van der Waals surface area (Å²) in [5.41, 5.74) is 0.322. The molecule has 1 saturated heterocycles. The lowest BCUT2D eigenvalue weighted by Crippen LogP contribution is -2.42. The number of rotatable bonds is 6. The number of ether oxygens (including phenoxy) is 2. The molecule has 0 bridgehead atoms. The Bertz CT molecular complexity index is 139. The van der Waals surface area contributed by atoms with Crippen LogP contribution in [0.25, 0.3) is 0 Å². The lowest BCUT2D eigenvalue weighted by atomic mass is 9.81. The molecular weight excluding hydrogens is 178 g/mol. The summed E-state index contributed by atoms with van der Waals surface area (Å²) in [5, 5.41) is 3.49. The summed E-state index contributed by atoms with van der Waals surface area (Å²) < 4.78 is 10.7. The molecule has 1 aliphatic rings. The van der Waals surface area contributed by atoms with Crippen LogP contribution in [0.1, 0.15) is 26.2 Å². The van der Waals surface area contributed by atoms with Gasteiger partial charge in [0, 0.05) is 32.3 Å². The average molecular weight is 201 g/mol. The van der Waals surface area contributed by atoms with E-state index >= 15 is 0 Å². The van der Waals surface area contributed by atoms with Crippen LogP contribution >= 0.6 is 0 Å². The van der Waals surface area contributed by atoms with Crippen LogP contribution in [0.3, 0.4) is 0 Å². The first-order chi connectivity index (χ1) is 6.83. The number of nitrogens with one attached hydrogen (secondary N) is 1. The van der Waals surface area contributed by atoms with Crippen LogP contribution in [-0.2, 0) is 9.47 Å². The maximum absolute atomic E-state index is 5.39. The van der Waals surface area contributed by atoms with E-state index in [0.29, 0.717) is 5.41 Å². The van der Waals surface area contributed by atoms with Crippen LogP contribution in [-0.4, -0.2) is 40.0 Å². The molecule has 0 aliphatic carbocycles. The van der Waals surface area contributed by atoms with Crippen LogP contribution in [0.5, 0.6) is 0 Å². The molecule has 84 valence electrons. The Hall–Kier alpha value is -0.120. The molecule has 1 fully saturated rings. The van der Waals surface area contributed by atoms with E-state index in [4.69, 9.17) is 9.47 Å². The van der Waals surface area contributed by atoms with Gasteiger partial charge in [-0.05, 0) is 25.8 Å². The molecule has 0 saturated carbocycles. The molecule has 1 aliphatic heterocycles. The minimum atomic E-state index is 0.322. The normalized spacial score (nSPS) is 21.0. The van der Waals surface area contributed by atoms with Gasteiger partial charge in [-0.1, -0.05) is 6.92 Å². The van der Waals surface area contributed by atoms with Crippen molar-refractivity contribution in [2.45, 2.75) is 26.2 Å². The Labute approximate surface area is 87.2 Å². The van der Waals surface area contributed by atoms with Crippen LogP contribution in [0, 0.1) is 5.41 Å². The van der Waals surface area contributed by atoms with Gasteiger partial charge < -0.3 is 14.8 Å². The minimum absolute atomic E-state index is 0.322. The van der Waals surface area contributed by atoms with E-state index < -0.39 is 0 Å². The van der Waals surface area contributed by atoms with Gasteiger partial charge in [0.25, 0.3) is 0 Å². The maximum Gasteiger partial charge on any atom is 0.0532 e. The first-order valence-electron chi connectivity index (χ1n) is 5.60. The van der Waals surface area contributed by atoms with Gasteiger partial charge in [-0.3, -0.25) is 0 Å². The van der Waals surface area contributed by atoms with Crippen molar-refractivity contribution in [2.75, 3.05) is 40.0 Å². The summed E-state index contributed by atoms with van der Waals surface area (Å²) in [6, 6.07) is 0. The molecule has 0 aromatic rings. The van der Waals surface area contributed by atoms with Crippen molar-refractivity contribution in [1.29, 1.82) is 0 Å². The van der Waals surface area contributed by atoms with Gasteiger partial charge in [0.1, 0.15) is 0 Å². The minimum Gasteiger partial charge on any atom is -0.384 e. The summed E-state index contributed by atoms with van der Waals surface area (Å²) in [7, 11) is 1.79. The lowest BCUT2D eigenvalue weighted by Gasteiger charge is -2.36. The zero-order valence-corrected chi connectivity index (χ0v) is 9.47. The number of hydrogen-bond donors (Lipinski definition) is 1. The molecule has 0 radical (unpaired) electrons. The van der Waals surface area contributed by atoms with Gasteiger partial charge in [-0.15, -0.1) is 0 Å². The second kappa shape index (κ2) is 6.38. The number of methoxy groups -OCH3 is 1. The highest BCUT2D eigenvalue weighted by atomic mass is 16.5. The molecule has 1 rings (SSSR count). The topological polar surface area (TPSA) is 30.5 Å². The van der Waals surface area contributed by atoms with E-state index in [1.165, 1.54) is 6.42 Å². The molecule has 0 spiro atoms. The monoisotopic (exact) mass is 201 g/mol. The highest BCUT2D eigenvalue weighted by Crippen LogP contribution is 2.29. The molecule has 0 amide bonds. The van der Waals surface area contributed by atoms with E-state index in [2.05, 4.69) is 12.2 Å². The molecule has 1 heterocycles. The Morgan fingerprint density at radius 2 is 2.07 bits per heavy atom. The molecule has 0 aromatic heterocycles. The summed E-state index contributed by atoms with van der Waals surface area (Å²) >= 11 is 0. The SMILES string of the molecule is CCCNCC1(COC)CCOCC1. The summed E-state index contributed by atoms with van der Waals surface area (Å²) in [5.74, 6) is 0. The third kappa shape index (κ3) is 3.56. The molecule has 0 atom stereocenters. The van der Waals surface area contributed by atoms with Crippen molar-refractivity contribution >= 4 is 0 Å². The summed E-state index contributed by atoms with van der Waals surface area (Å²) in [6.07, 6.45) is 3.44. The molecular formula is C11H23NO2. The first kappa shape index (κ1) is 12.0. The molecule has 3 nitrogen and oxygen atoms in total. The Balaban J connectivity index is 2.34. The zero-order chi connectivity index (χ0) is 10.3. The van der Waals surface area contributed by atoms with Crippen molar-refractivity contribution in [3.63, 3.8) is 0 Å². The van der Waals surface area contributed by atoms with Crippen molar-refractivity contribution in [2.24, 2.45) is 5.41 Å². The average Bonchev–Trinajstić information content (AvgIpc) is 2.20. The highest BCUT2D eigenvalue weighted by molar-refractivity contribution is 4.83. The predicted molar refractivity (Wildman–Crippen MR) is 57.5 cm³/mol. The van der Waals surface area contributed by atoms with Gasteiger partial charge >= 0.3 is 0 Å². The van der Waals surface area contributed by atoms with Gasteiger partial charge in [0.05, 0.1) is 6.61 Å². The van der Waals surface area contributed by atoms with Crippen LogP contribution < -0.4 is 5.32 Å². The van der Waals surface area contributed by atoms with Crippen LogP contribution in [0.2, 0.25) is 0 Å². The molecule has 3 heteroatoms. The van der Waals surface area contributed by atoms with Crippen LogP contribution in [0.15, 0.2) is 0 Å². The van der Waals surface area contributed by atoms with Crippen molar-refractivity contribution in [3.05, 3.63) is 0 Å². The van der Waals surface area contributed by atoms with Crippen molar-refractivity contribution < 1.29 is 9.47 Å². The molecule has 0 unspecified atom stereocenters. The van der Waals surface area contributed by atoms with E-state index in [-0.39, 0.29) is 0 Å². The second-order valence-corrected chi connectivity index (χ2v) is 4.22. The van der Waals surface area contributed by atoms with Gasteiger partial charge in [-0.2, -0.15) is 0 Å². The Kier molecular flexibility index (Phi) is 5.45. The Morgan fingerprint density at radius 3 is 2.64 bits per heavy atom. The van der Waals surface area contributed by atoms with Gasteiger partial charge in [-0.25, -0.2) is 0 Å². The van der Waals surface area contributed by atoms with E-state index in [0.717, 1.165) is 45.8 Å². The predicted octanol–water partition coefficient (Wildman–Crippen LogP) is 1.43. The van der Waals surface area contributed by atoms with E-state index in [9.17, 15) is 0 Å². The largest absolute Gasteiger partial charge is 0.384 e. The lowest BCUT2D eigenvalue weighted by molar-refractivity contribution is -0.0267. The third-order valence-corrected chi connectivity index (χ3v) is 2.93. The smallest absolute Gasteiger partial charge is 0.0532 e. The van der Waals surface area contributed by atoms with Crippen molar-refractivity contribution in [3.8, 4) is 0 Å². The van der Waals surface area contributed by atoms with Crippen molar-refractivity contribution in [1.82, 2.24) is 5.32 Å². The summed E-state index contributed by atoms with van der Waals surface area (Å²) in [4.78, 5) is 0. The zero-order valence-electron chi connectivity index (χ0n) is 9.47. The highest BCUT2D eigenvalue weighted by Gasteiger charge is 2.31. The second-order valence-electron chi connectivity index (χ2n) is 4.22. The quantitative estimate of drug-likeness (QED) is 0.659. The van der Waals surface area contributed by atoms with Crippen LogP contribution in [0.4, 0.5) is 0 Å². The molecule has 14 heavy (non-hydrogen) atoms. The fourth-order valence-electron chi connectivity index (χ4n) is 2.01.